The molecule has 4 rings (SSSR count). The van der Waals surface area contributed by atoms with Crippen LogP contribution in [0.25, 0.3) is 0 Å². The van der Waals surface area contributed by atoms with E-state index >= 15 is 0 Å². The smallest absolute Gasteiger partial charge is 0.123 e. The van der Waals surface area contributed by atoms with Crippen LogP contribution in [0.15, 0.2) is 46.9 Å². The average molecular weight is 360 g/mol. The maximum Gasteiger partial charge on any atom is 0.123 e. The molecule has 0 aromatic heterocycles. The van der Waals surface area contributed by atoms with Crippen LogP contribution >= 0.6 is 15.9 Å². The van der Waals surface area contributed by atoms with Crippen molar-refractivity contribution in [3.8, 4) is 0 Å². The molecule has 2 aromatic rings. The maximum atomic E-state index is 13.2. The largest absolute Gasteiger partial charge is 0.313 e. The van der Waals surface area contributed by atoms with Gasteiger partial charge in [-0.1, -0.05) is 34.1 Å². The lowest BCUT2D eigenvalue weighted by atomic mass is 9.64. The van der Waals surface area contributed by atoms with Crippen LogP contribution in [0.2, 0.25) is 0 Å². The minimum absolute atomic E-state index is 0.157. The Labute approximate surface area is 139 Å². The molecule has 0 bridgehead atoms. The number of aryl methyl sites for hydroxylation is 1. The van der Waals surface area contributed by atoms with Gasteiger partial charge < -0.3 is 5.32 Å². The Morgan fingerprint density at radius 1 is 1.18 bits per heavy atom. The van der Waals surface area contributed by atoms with E-state index in [1.807, 2.05) is 12.1 Å². The van der Waals surface area contributed by atoms with Gasteiger partial charge in [-0.25, -0.2) is 4.39 Å². The van der Waals surface area contributed by atoms with Crippen molar-refractivity contribution in [1.29, 1.82) is 0 Å². The molecule has 1 N–H and O–H groups in total. The highest BCUT2D eigenvalue weighted by Crippen LogP contribution is 2.46. The minimum Gasteiger partial charge on any atom is -0.313 e. The molecule has 2 aliphatic rings. The zero-order valence-corrected chi connectivity index (χ0v) is 14.0. The van der Waals surface area contributed by atoms with Gasteiger partial charge in [0.05, 0.1) is 0 Å². The van der Waals surface area contributed by atoms with Gasteiger partial charge in [-0.3, -0.25) is 0 Å². The van der Waals surface area contributed by atoms with Crippen molar-refractivity contribution in [3.63, 3.8) is 0 Å². The first-order chi connectivity index (χ1) is 10.7. The molecular weight excluding hydrogens is 341 g/mol. The Hall–Kier alpha value is -1.19. The highest BCUT2D eigenvalue weighted by Gasteiger charge is 2.47. The molecule has 1 fully saturated rings. The van der Waals surface area contributed by atoms with E-state index in [2.05, 4.69) is 39.4 Å². The molecular formula is C19H19BrFN. The van der Waals surface area contributed by atoms with E-state index in [9.17, 15) is 4.39 Å². The molecule has 2 aromatic carbocycles. The van der Waals surface area contributed by atoms with Crippen molar-refractivity contribution < 1.29 is 4.39 Å². The summed E-state index contributed by atoms with van der Waals surface area (Å²) in [7, 11) is 0. The highest BCUT2D eigenvalue weighted by molar-refractivity contribution is 9.10. The third-order valence-corrected chi connectivity index (χ3v) is 5.86. The summed E-state index contributed by atoms with van der Waals surface area (Å²) in [6, 6.07) is 14.3. The number of halogens is 2. The Bertz CT molecular complexity index is 697. The molecule has 1 saturated heterocycles. The van der Waals surface area contributed by atoms with Gasteiger partial charge in [-0.15, -0.1) is 0 Å². The second kappa shape index (κ2) is 5.47. The van der Waals surface area contributed by atoms with Crippen LogP contribution in [-0.2, 0) is 18.3 Å². The lowest BCUT2D eigenvalue weighted by Crippen LogP contribution is -2.45. The van der Waals surface area contributed by atoms with Crippen LogP contribution in [0.4, 0.5) is 4.39 Å². The van der Waals surface area contributed by atoms with E-state index in [1.165, 1.54) is 23.1 Å². The summed E-state index contributed by atoms with van der Waals surface area (Å²) in [6.45, 7) is 1.07. The number of benzene rings is 2. The number of fused-ring (bicyclic) bond motifs is 3. The van der Waals surface area contributed by atoms with Crippen molar-refractivity contribution in [3.05, 3.63) is 69.4 Å². The van der Waals surface area contributed by atoms with E-state index in [0.717, 1.165) is 30.3 Å². The van der Waals surface area contributed by atoms with Gasteiger partial charge in [0.2, 0.25) is 0 Å². The number of hydrogen-bond acceptors (Lipinski definition) is 1. The summed E-state index contributed by atoms with van der Waals surface area (Å²) in [5.74, 6) is -0.157. The zero-order valence-electron chi connectivity index (χ0n) is 12.4. The Balaban J connectivity index is 1.78. The van der Waals surface area contributed by atoms with Gasteiger partial charge in [-0.05, 0) is 73.2 Å². The number of hydrogen-bond donors (Lipinski definition) is 1. The Morgan fingerprint density at radius 3 is 2.82 bits per heavy atom. The SMILES string of the molecule is Fc1ccc(CC23CCNC2CCc2cc(Br)ccc23)cc1. The molecule has 1 nitrogen and oxygen atoms in total. The van der Waals surface area contributed by atoms with Crippen molar-refractivity contribution in [2.45, 2.75) is 37.1 Å². The van der Waals surface area contributed by atoms with Gasteiger partial charge in [0.1, 0.15) is 5.82 Å². The molecule has 0 saturated carbocycles. The predicted octanol–water partition coefficient (Wildman–Crippen LogP) is 4.38. The monoisotopic (exact) mass is 359 g/mol. The van der Waals surface area contributed by atoms with Gasteiger partial charge in [0.25, 0.3) is 0 Å². The second-order valence-corrected chi connectivity index (χ2v) is 7.47. The van der Waals surface area contributed by atoms with Crippen molar-refractivity contribution in [2.24, 2.45) is 0 Å². The lowest BCUT2D eigenvalue weighted by Gasteiger charge is -2.41. The van der Waals surface area contributed by atoms with Gasteiger partial charge >= 0.3 is 0 Å². The van der Waals surface area contributed by atoms with Crippen LogP contribution < -0.4 is 5.32 Å². The van der Waals surface area contributed by atoms with E-state index < -0.39 is 0 Å². The van der Waals surface area contributed by atoms with E-state index in [0.29, 0.717) is 6.04 Å². The fraction of sp³-hybridized carbons (Fsp3) is 0.368. The van der Waals surface area contributed by atoms with E-state index in [-0.39, 0.29) is 11.2 Å². The fourth-order valence-electron chi connectivity index (χ4n) is 4.37. The molecule has 1 heterocycles. The highest BCUT2D eigenvalue weighted by atomic mass is 79.9. The van der Waals surface area contributed by atoms with Gasteiger partial charge in [0.15, 0.2) is 0 Å². The van der Waals surface area contributed by atoms with Gasteiger partial charge in [0, 0.05) is 15.9 Å². The molecule has 3 heteroatoms. The molecule has 2 atom stereocenters. The second-order valence-electron chi connectivity index (χ2n) is 6.56. The molecule has 0 radical (unpaired) electrons. The molecule has 0 amide bonds. The zero-order chi connectivity index (χ0) is 15.2. The Kier molecular flexibility index (Phi) is 3.58. The summed E-state index contributed by atoms with van der Waals surface area (Å²) in [4.78, 5) is 0. The van der Waals surface area contributed by atoms with Crippen LogP contribution in [-0.4, -0.2) is 12.6 Å². The maximum absolute atomic E-state index is 13.2. The Morgan fingerprint density at radius 2 is 2.00 bits per heavy atom. The molecule has 114 valence electrons. The average Bonchev–Trinajstić information content (AvgIpc) is 2.93. The van der Waals surface area contributed by atoms with E-state index in [1.54, 1.807) is 12.1 Å². The lowest BCUT2D eigenvalue weighted by molar-refractivity contribution is 0.326. The molecule has 0 spiro atoms. The first kappa shape index (κ1) is 14.4. The first-order valence-corrected chi connectivity index (χ1v) is 8.73. The predicted molar refractivity (Wildman–Crippen MR) is 90.7 cm³/mol. The van der Waals surface area contributed by atoms with Crippen LogP contribution in [0, 0.1) is 5.82 Å². The summed E-state index contributed by atoms with van der Waals surface area (Å²) < 4.78 is 14.4. The third-order valence-electron chi connectivity index (χ3n) is 5.37. The normalized spacial score (nSPS) is 26.5. The summed E-state index contributed by atoms with van der Waals surface area (Å²) in [6.07, 6.45) is 4.46. The van der Waals surface area contributed by atoms with Crippen LogP contribution in [0.5, 0.6) is 0 Å². The third kappa shape index (κ3) is 2.31. The summed E-state index contributed by atoms with van der Waals surface area (Å²) in [5.41, 5.74) is 4.34. The molecule has 1 aliphatic heterocycles. The van der Waals surface area contributed by atoms with Crippen LogP contribution in [0.1, 0.15) is 29.5 Å². The molecule has 2 unspecified atom stereocenters. The van der Waals surface area contributed by atoms with Crippen molar-refractivity contribution >= 4 is 15.9 Å². The van der Waals surface area contributed by atoms with Crippen LogP contribution in [0.3, 0.4) is 0 Å². The van der Waals surface area contributed by atoms with Crippen molar-refractivity contribution in [1.82, 2.24) is 5.32 Å². The summed E-state index contributed by atoms with van der Waals surface area (Å²) >= 11 is 3.60. The quantitative estimate of drug-likeness (QED) is 0.838. The standard InChI is InChI=1S/C19H19BrFN/c20-15-4-7-17-14(11-15)3-8-18-19(17,9-10-22-18)12-13-1-5-16(21)6-2-13/h1-2,4-7,11,18,22H,3,8-10,12H2. The van der Waals surface area contributed by atoms with Gasteiger partial charge in [-0.2, -0.15) is 0 Å². The molecule has 1 aliphatic carbocycles. The number of nitrogens with one attached hydrogen (secondary N) is 1. The first-order valence-electron chi connectivity index (χ1n) is 7.94. The fourth-order valence-corrected chi connectivity index (χ4v) is 4.78. The van der Waals surface area contributed by atoms with E-state index in [4.69, 9.17) is 0 Å². The minimum atomic E-state index is -0.157. The van der Waals surface area contributed by atoms with Crippen molar-refractivity contribution in [2.75, 3.05) is 6.54 Å². The number of rotatable bonds is 2. The summed E-state index contributed by atoms with van der Waals surface area (Å²) in [5, 5.41) is 3.70. The topological polar surface area (TPSA) is 12.0 Å². The molecule has 22 heavy (non-hydrogen) atoms.